The van der Waals surface area contributed by atoms with E-state index in [1.807, 2.05) is 0 Å². The third-order valence-electron chi connectivity index (χ3n) is 22.8. The second-order valence-corrected chi connectivity index (χ2v) is 30.5. The Morgan fingerprint density at radius 2 is 0.865 bits per heavy atom. The summed E-state index contributed by atoms with van der Waals surface area (Å²) in [6.07, 6.45) is 18.7. The van der Waals surface area contributed by atoms with Gasteiger partial charge in [0.2, 0.25) is 0 Å². The predicted octanol–water partition coefficient (Wildman–Crippen LogP) is 17.7. The van der Waals surface area contributed by atoms with Gasteiger partial charge in [-0.05, 0) is 242 Å². The van der Waals surface area contributed by atoms with E-state index in [2.05, 4.69) is 180 Å². The Kier molecular flexibility index (Phi) is 9.72. The van der Waals surface area contributed by atoms with Crippen molar-refractivity contribution in [2.75, 3.05) is 9.80 Å². The highest BCUT2D eigenvalue weighted by Crippen LogP contribution is 2.60. The average Bonchev–Trinajstić information content (AvgIpc) is 3.75. The van der Waals surface area contributed by atoms with Crippen molar-refractivity contribution in [2.24, 2.45) is 0 Å². The normalized spacial score (nSPS) is 26.9. The first-order valence-corrected chi connectivity index (χ1v) is 29.7. The summed E-state index contributed by atoms with van der Waals surface area (Å²) in [6.45, 7) is 35.1. The lowest BCUT2D eigenvalue weighted by Crippen LogP contribution is -2.61. The van der Waals surface area contributed by atoms with Crippen LogP contribution in [0.4, 0.5) is 34.1 Å². The summed E-state index contributed by atoms with van der Waals surface area (Å²) in [6, 6.07) is 31.5. The largest absolute Gasteiger partial charge is 0.468 e. The first kappa shape index (κ1) is 47.7. The molecule has 2 bridgehead atoms. The molecule has 0 saturated heterocycles. The molecule has 2 saturated carbocycles. The number of hydrogen-bond acceptors (Lipinski definition) is 3. The van der Waals surface area contributed by atoms with E-state index in [0.717, 1.165) is 11.2 Å². The van der Waals surface area contributed by atoms with E-state index in [9.17, 15) is 0 Å². The minimum atomic E-state index is -0.0719. The van der Waals surface area contributed by atoms with E-state index >= 15 is 0 Å². The van der Waals surface area contributed by atoms with E-state index in [0.29, 0.717) is 5.92 Å². The molecule has 1 aromatic heterocycles. The van der Waals surface area contributed by atoms with Crippen LogP contribution in [-0.2, 0) is 43.3 Å². The third kappa shape index (κ3) is 6.56. The van der Waals surface area contributed by atoms with E-state index in [1.165, 1.54) is 186 Å². The molecular weight excluding hydrogens is 896 g/mol. The summed E-state index contributed by atoms with van der Waals surface area (Å²) in [5.74, 6) is 0.523. The standard InChI is InChI=1S/C70H85BN2O/c1-63(2)24-26-65(5,6)49-36-44(20-22-47(49)63)72-56-40-52-51(67(9,10)28-29-68(52,11)12)39-55(56)71-60-57(72)34-43(42-18-16-15-17-19-42)35-58(60)73(45-21-23-48-50(37-45)66(7,8)27-25-64(48,3)4)61-46-38-53-54(41-59(46)74-62(61)71)70(14)32-30-69(53,13)31-33-70/h20-23,34-42H,15-19,24-33H2,1-14H3. The van der Waals surface area contributed by atoms with E-state index in [1.54, 1.807) is 11.1 Å². The van der Waals surface area contributed by atoms with Crippen molar-refractivity contribution in [3.05, 3.63) is 123 Å². The van der Waals surface area contributed by atoms with Gasteiger partial charge in [0.15, 0.2) is 0 Å². The molecular formula is C70H85BN2O. The highest BCUT2D eigenvalue weighted by atomic mass is 16.3. The topological polar surface area (TPSA) is 19.6 Å². The summed E-state index contributed by atoms with van der Waals surface area (Å²) in [5.41, 5.74) is 27.6. The van der Waals surface area contributed by atoms with Gasteiger partial charge in [-0.15, -0.1) is 0 Å². The molecule has 5 aromatic carbocycles. The van der Waals surface area contributed by atoms with Gasteiger partial charge in [0.25, 0.3) is 6.71 Å². The minimum absolute atomic E-state index is 0.0461. The molecule has 0 N–H and O–H groups in total. The zero-order valence-corrected chi connectivity index (χ0v) is 48.0. The van der Waals surface area contributed by atoms with Gasteiger partial charge in [-0.2, -0.15) is 0 Å². The summed E-state index contributed by atoms with van der Waals surface area (Å²) in [4.78, 5) is 5.56. The fraction of sp³-hybridized carbons (Fsp3) is 0.543. The van der Waals surface area contributed by atoms with Crippen LogP contribution >= 0.6 is 0 Å². The smallest absolute Gasteiger partial charge is 0.297 e. The fourth-order valence-electron chi connectivity index (χ4n) is 17.1. The molecule has 0 atom stereocenters. The SMILES string of the molecule is CC1(C)CCC(C)(C)c2cc(N3c4cc5c(cc4B4c6oc7cc8c(cc7c6N(c6ccc7c(c6)C(C)(C)CCC7(C)C)c6cc(C7CCCCC7)cc3c64)C3(C)CCC8(C)CC3)C(C)(C)CCC5(C)C)ccc21. The number of nitrogens with zero attached hydrogens (tertiary/aromatic N) is 2. The van der Waals surface area contributed by atoms with Gasteiger partial charge in [-0.3, -0.25) is 0 Å². The van der Waals surface area contributed by atoms with E-state index in [4.69, 9.17) is 4.42 Å². The molecule has 3 heterocycles. The molecule has 7 aliphatic carbocycles. The average molecular weight is 981 g/mol. The predicted molar refractivity (Wildman–Crippen MR) is 315 cm³/mol. The number of fused-ring (bicyclic) bond motifs is 11. The lowest BCUT2D eigenvalue weighted by molar-refractivity contribution is 0.188. The molecule has 2 fully saturated rings. The van der Waals surface area contributed by atoms with Crippen LogP contribution in [-0.4, -0.2) is 6.71 Å². The summed E-state index contributed by atoms with van der Waals surface area (Å²) >= 11 is 0. The van der Waals surface area contributed by atoms with Gasteiger partial charge in [-0.1, -0.05) is 134 Å². The van der Waals surface area contributed by atoms with Crippen LogP contribution in [0.25, 0.3) is 11.0 Å². The number of benzene rings is 5. The Balaban J connectivity index is 1.13. The molecule has 6 aromatic rings. The zero-order valence-electron chi connectivity index (χ0n) is 48.0. The fourth-order valence-corrected chi connectivity index (χ4v) is 17.1. The first-order chi connectivity index (χ1) is 34.8. The van der Waals surface area contributed by atoms with Gasteiger partial charge in [0.05, 0.1) is 11.3 Å². The van der Waals surface area contributed by atoms with Crippen LogP contribution in [0, 0.1) is 0 Å². The van der Waals surface area contributed by atoms with Crippen molar-refractivity contribution in [1.29, 1.82) is 0 Å². The Hall–Kier alpha value is -4.70. The zero-order chi connectivity index (χ0) is 51.7. The van der Waals surface area contributed by atoms with Gasteiger partial charge in [0.1, 0.15) is 5.58 Å². The quantitative estimate of drug-likeness (QED) is 0.165. The second kappa shape index (κ2) is 15.1. The Morgan fingerprint density at radius 3 is 1.39 bits per heavy atom. The molecule has 384 valence electrons. The van der Waals surface area contributed by atoms with Crippen molar-refractivity contribution < 1.29 is 4.42 Å². The molecule has 0 spiro atoms. The molecule has 2 aliphatic heterocycles. The van der Waals surface area contributed by atoms with Crippen molar-refractivity contribution in [3.63, 3.8) is 0 Å². The second-order valence-electron chi connectivity index (χ2n) is 30.5. The molecule has 9 aliphatic rings. The maximum absolute atomic E-state index is 7.88. The third-order valence-corrected chi connectivity index (χ3v) is 22.8. The van der Waals surface area contributed by atoms with Crippen LogP contribution in [0.1, 0.15) is 249 Å². The number of furan rings is 1. The summed E-state index contributed by atoms with van der Waals surface area (Å²) < 4.78 is 7.88. The van der Waals surface area contributed by atoms with Crippen LogP contribution in [0.5, 0.6) is 0 Å². The van der Waals surface area contributed by atoms with Gasteiger partial charge in [0, 0.05) is 33.8 Å². The van der Waals surface area contributed by atoms with E-state index < -0.39 is 0 Å². The summed E-state index contributed by atoms with van der Waals surface area (Å²) in [7, 11) is 0. The van der Waals surface area contributed by atoms with Crippen LogP contribution in [0.15, 0.2) is 77.2 Å². The highest BCUT2D eigenvalue weighted by molar-refractivity contribution is 7.00. The van der Waals surface area contributed by atoms with Gasteiger partial charge in [-0.25, -0.2) is 0 Å². The minimum Gasteiger partial charge on any atom is -0.468 e. The van der Waals surface area contributed by atoms with Gasteiger partial charge < -0.3 is 14.2 Å². The van der Waals surface area contributed by atoms with Gasteiger partial charge >= 0.3 is 0 Å². The molecule has 4 heteroatoms. The number of anilines is 6. The molecule has 3 nitrogen and oxygen atoms in total. The molecule has 0 radical (unpaired) electrons. The van der Waals surface area contributed by atoms with Crippen molar-refractivity contribution >= 4 is 68.4 Å². The maximum Gasteiger partial charge on any atom is 0.297 e. The lowest BCUT2D eigenvalue weighted by Gasteiger charge is -2.52. The molecule has 74 heavy (non-hydrogen) atoms. The molecule has 0 unspecified atom stereocenters. The van der Waals surface area contributed by atoms with E-state index in [-0.39, 0.29) is 50.0 Å². The Bertz CT molecular complexity index is 3390. The molecule has 0 amide bonds. The molecule has 15 rings (SSSR count). The highest BCUT2D eigenvalue weighted by Gasteiger charge is 2.53. The summed E-state index contributed by atoms with van der Waals surface area (Å²) in [5, 5.41) is 1.30. The Labute approximate surface area is 445 Å². The van der Waals surface area contributed by atoms with Crippen molar-refractivity contribution in [2.45, 2.75) is 242 Å². The number of hydrogen-bond donors (Lipinski definition) is 0. The maximum atomic E-state index is 7.88. The first-order valence-electron chi connectivity index (χ1n) is 29.7. The van der Waals surface area contributed by atoms with Crippen LogP contribution in [0.3, 0.4) is 0 Å². The lowest BCUT2D eigenvalue weighted by atomic mass is 9.35. The van der Waals surface area contributed by atoms with Crippen LogP contribution < -0.4 is 26.4 Å². The van der Waals surface area contributed by atoms with Crippen LogP contribution in [0.2, 0.25) is 0 Å². The monoisotopic (exact) mass is 981 g/mol. The van der Waals surface area contributed by atoms with Crippen molar-refractivity contribution in [3.8, 4) is 0 Å². The van der Waals surface area contributed by atoms with Crippen molar-refractivity contribution in [1.82, 2.24) is 0 Å². The number of rotatable bonds is 3. The Morgan fingerprint density at radius 1 is 0.419 bits per heavy atom.